The van der Waals surface area contributed by atoms with Crippen LogP contribution in [0.4, 0.5) is 0 Å². The Balaban J connectivity index is 0.00000841. The zero-order valence-electron chi connectivity index (χ0n) is 19.4. The van der Waals surface area contributed by atoms with E-state index in [1.54, 1.807) is 12.1 Å². The van der Waals surface area contributed by atoms with Crippen LogP contribution in [0, 0.1) is 0 Å². The highest BCUT2D eigenvalue weighted by atomic mass is 127. The van der Waals surface area contributed by atoms with Crippen LogP contribution in [0.2, 0.25) is 0 Å². The summed E-state index contributed by atoms with van der Waals surface area (Å²) in [5.41, 5.74) is 0.627. The summed E-state index contributed by atoms with van der Waals surface area (Å²) in [6, 6.07) is 9.10. The van der Waals surface area contributed by atoms with Gasteiger partial charge in [0.2, 0.25) is 5.37 Å². The quantitative estimate of drug-likeness (QED) is 0.0902. The Hall–Kier alpha value is -0.180. The van der Waals surface area contributed by atoms with E-state index in [0.717, 1.165) is 38.8 Å². The topological polar surface area (TPSA) is 57.2 Å². The number of halogens is 1. The number of quaternary nitrogens is 1. The number of hydrogen-bond acceptors (Lipinski definition) is 3. The number of unbranched alkanes of at least 4 members (excludes halogenated alkanes) is 10. The monoisotopic (exact) mass is 553 g/mol. The summed E-state index contributed by atoms with van der Waals surface area (Å²) in [6.45, 7) is 5.89. The molecule has 0 N–H and O–H groups in total. The third kappa shape index (κ3) is 11.4. The number of rotatable bonds is 17. The van der Waals surface area contributed by atoms with E-state index in [2.05, 4.69) is 13.8 Å². The first kappa shape index (κ1) is 29.8. The van der Waals surface area contributed by atoms with E-state index in [-0.39, 0.29) is 24.0 Å². The summed E-state index contributed by atoms with van der Waals surface area (Å²) in [7, 11) is -2.48. The molecule has 0 aliphatic carbocycles. The van der Waals surface area contributed by atoms with Crippen molar-refractivity contribution in [3.05, 3.63) is 35.9 Å². The minimum Gasteiger partial charge on any atom is -0.743 e. The Morgan fingerprint density at radius 1 is 0.767 bits per heavy atom. The molecule has 0 aliphatic rings. The lowest BCUT2D eigenvalue weighted by Gasteiger charge is -2.43. The smallest absolute Gasteiger partial charge is 0.204 e. The van der Waals surface area contributed by atoms with Crippen LogP contribution in [0.25, 0.3) is 0 Å². The largest absolute Gasteiger partial charge is 0.743 e. The molecule has 0 fully saturated rings. The van der Waals surface area contributed by atoms with Crippen LogP contribution >= 0.6 is 24.0 Å². The fraction of sp³-hybridized carbons (Fsp3) is 0.750. The van der Waals surface area contributed by atoms with Gasteiger partial charge in [-0.05, 0) is 25.7 Å². The summed E-state index contributed by atoms with van der Waals surface area (Å²) in [6.07, 6.45) is 13.9. The second-order valence-electron chi connectivity index (χ2n) is 8.72. The molecular weight excluding hydrogens is 509 g/mol. The van der Waals surface area contributed by atoms with E-state index in [4.69, 9.17) is 0 Å². The maximum absolute atomic E-state index is 12.4. The molecule has 0 saturated carbocycles. The third-order valence-corrected chi connectivity index (χ3v) is 7.30. The van der Waals surface area contributed by atoms with Crippen LogP contribution in [0.15, 0.2) is 30.3 Å². The van der Waals surface area contributed by atoms with Crippen LogP contribution in [0.3, 0.4) is 0 Å². The van der Waals surface area contributed by atoms with Gasteiger partial charge in [-0.2, -0.15) is 0 Å². The highest BCUT2D eigenvalue weighted by molar-refractivity contribution is 14.0. The Morgan fingerprint density at radius 2 is 1.17 bits per heavy atom. The summed E-state index contributed by atoms with van der Waals surface area (Å²) in [5.74, 6) is 0. The molecule has 176 valence electrons. The molecule has 4 nitrogen and oxygen atoms in total. The zero-order chi connectivity index (χ0) is 21.6. The highest BCUT2D eigenvalue weighted by Crippen LogP contribution is 2.33. The summed E-state index contributed by atoms with van der Waals surface area (Å²) < 4.78 is 37.4. The van der Waals surface area contributed by atoms with Crippen molar-refractivity contribution in [1.82, 2.24) is 0 Å². The van der Waals surface area contributed by atoms with Crippen molar-refractivity contribution in [3.63, 3.8) is 0 Å². The predicted octanol–water partition coefficient (Wildman–Crippen LogP) is 7.02. The van der Waals surface area contributed by atoms with Crippen molar-refractivity contribution < 1.29 is 17.5 Å². The molecule has 0 heterocycles. The van der Waals surface area contributed by atoms with Crippen molar-refractivity contribution in [3.8, 4) is 0 Å². The van der Waals surface area contributed by atoms with E-state index in [9.17, 15) is 13.0 Å². The fourth-order valence-corrected chi connectivity index (χ4v) is 5.63. The maximum atomic E-state index is 12.4. The number of benzene rings is 1. The van der Waals surface area contributed by atoms with Crippen molar-refractivity contribution in [2.45, 2.75) is 96.3 Å². The minimum absolute atomic E-state index is 0. The molecule has 1 unspecified atom stereocenters. The maximum Gasteiger partial charge on any atom is 0.204 e. The molecule has 6 heteroatoms. The average molecular weight is 554 g/mol. The Bertz CT molecular complexity index is 621. The van der Waals surface area contributed by atoms with Crippen molar-refractivity contribution in [1.29, 1.82) is 0 Å². The molecule has 0 spiro atoms. The SMILES string of the molecule is CCCCCCCC[N+](C)(CCCCCCCC)C(c1ccccc1)S(=O)(=O)[O-].I. The molecule has 1 rings (SSSR count). The van der Waals surface area contributed by atoms with Gasteiger partial charge in [0.15, 0.2) is 10.1 Å². The van der Waals surface area contributed by atoms with Crippen LogP contribution in [-0.4, -0.2) is 37.6 Å². The van der Waals surface area contributed by atoms with Crippen molar-refractivity contribution in [2.75, 3.05) is 20.1 Å². The first-order valence-corrected chi connectivity index (χ1v) is 13.2. The molecular formula is C24H44INO3S. The number of nitrogens with zero attached hydrogens (tertiary/aromatic N) is 1. The van der Waals surface area contributed by atoms with Crippen molar-refractivity contribution in [2.24, 2.45) is 0 Å². The first-order chi connectivity index (χ1) is 13.8. The van der Waals surface area contributed by atoms with E-state index < -0.39 is 15.5 Å². The fourth-order valence-electron chi connectivity index (χ4n) is 4.31. The summed E-state index contributed by atoms with van der Waals surface area (Å²) in [5, 5.41) is -1.02. The first-order valence-electron chi connectivity index (χ1n) is 11.7. The van der Waals surface area contributed by atoms with Gasteiger partial charge in [0.1, 0.15) is 0 Å². The molecule has 1 atom stereocenters. The highest BCUT2D eigenvalue weighted by Gasteiger charge is 2.38. The van der Waals surface area contributed by atoms with Crippen LogP contribution in [-0.2, 0) is 10.1 Å². The second-order valence-corrected chi connectivity index (χ2v) is 10.2. The summed E-state index contributed by atoms with van der Waals surface area (Å²) in [4.78, 5) is 0. The molecule has 0 radical (unpaired) electrons. The third-order valence-electron chi connectivity index (χ3n) is 5.97. The van der Waals surface area contributed by atoms with Gasteiger partial charge in [-0.15, -0.1) is 24.0 Å². The lowest BCUT2D eigenvalue weighted by atomic mass is 10.1. The standard InChI is InChI=1S/C24H43NO3S.HI/c1-4-6-8-10-12-17-21-25(3,22-18-13-11-9-7-5-2)24(29(26,27)28)23-19-15-14-16-20-23;/h14-16,19-20,24H,4-13,17-18,21-22H2,1-3H3;1H. The molecule has 1 aromatic carbocycles. The lowest BCUT2D eigenvalue weighted by molar-refractivity contribution is -0.926. The van der Waals surface area contributed by atoms with E-state index in [0.29, 0.717) is 10.0 Å². The van der Waals surface area contributed by atoms with E-state index >= 15 is 0 Å². The van der Waals surface area contributed by atoms with Crippen LogP contribution < -0.4 is 0 Å². The van der Waals surface area contributed by atoms with Crippen LogP contribution in [0.5, 0.6) is 0 Å². The van der Waals surface area contributed by atoms with Gasteiger partial charge >= 0.3 is 0 Å². The van der Waals surface area contributed by atoms with Gasteiger partial charge in [0.25, 0.3) is 0 Å². The minimum atomic E-state index is -4.46. The van der Waals surface area contributed by atoms with E-state index in [1.807, 2.05) is 25.2 Å². The normalized spacial score (nSPS) is 13.1. The Kier molecular flexibility index (Phi) is 16.4. The zero-order valence-corrected chi connectivity index (χ0v) is 22.5. The molecule has 0 aliphatic heterocycles. The van der Waals surface area contributed by atoms with Gasteiger partial charge < -0.3 is 9.04 Å². The molecule has 0 saturated heterocycles. The van der Waals surface area contributed by atoms with Crippen LogP contribution in [0.1, 0.15) is 102 Å². The predicted molar refractivity (Wildman–Crippen MR) is 137 cm³/mol. The van der Waals surface area contributed by atoms with Gasteiger partial charge in [-0.25, -0.2) is 8.42 Å². The van der Waals surface area contributed by atoms with Gasteiger partial charge in [-0.3, -0.25) is 0 Å². The Labute approximate surface area is 203 Å². The molecule has 0 aromatic heterocycles. The molecule has 30 heavy (non-hydrogen) atoms. The second kappa shape index (κ2) is 16.5. The Morgan fingerprint density at radius 3 is 1.57 bits per heavy atom. The average Bonchev–Trinajstić information content (AvgIpc) is 2.67. The van der Waals surface area contributed by atoms with Crippen molar-refractivity contribution >= 4 is 34.1 Å². The van der Waals surface area contributed by atoms with Gasteiger partial charge in [0, 0.05) is 5.56 Å². The van der Waals surface area contributed by atoms with Gasteiger partial charge in [0.05, 0.1) is 20.1 Å². The molecule has 0 bridgehead atoms. The molecule has 1 aromatic rings. The van der Waals surface area contributed by atoms with E-state index in [1.165, 1.54) is 51.4 Å². The summed E-state index contributed by atoms with van der Waals surface area (Å²) >= 11 is 0. The number of hydrogen-bond donors (Lipinski definition) is 0. The lowest BCUT2D eigenvalue weighted by Crippen LogP contribution is -2.51. The van der Waals surface area contributed by atoms with Gasteiger partial charge in [-0.1, -0.05) is 95.5 Å². The molecule has 0 amide bonds.